The molecule has 0 fully saturated rings. The van der Waals surface area contributed by atoms with Gasteiger partial charge in [-0.15, -0.1) is 11.8 Å². The van der Waals surface area contributed by atoms with Crippen LogP contribution in [0.3, 0.4) is 0 Å². The van der Waals surface area contributed by atoms with Crippen molar-refractivity contribution >= 4 is 27.7 Å². The lowest BCUT2D eigenvalue weighted by Crippen LogP contribution is -2.30. The van der Waals surface area contributed by atoms with Crippen molar-refractivity contribution in [3.63, 3.8) is 0 Å². The Morgan fingerprint density at radius 2 is 1.61 bits per heavy atom. The third kappa shape index (κ3) is 6.36. The number of sulfonamides is 1. The molecule has 0 spiro atoms. The SMILES string of the molecule is CCN(CC)S(=O)(=O)c1ccc(CNC(=O)CCSc2ccc(C)cc2)cc1. The lowest BCUT2D eigenvalue weighted by atomic mass is 10.2. The van der Waals surface area contributed by atoms with Gasteiger partial charge in [-0.3, -0.25) is 4.79 Å². The van der Waals surface area contributed by atoms with Crippen molar-refractivity contribution in [2.24, 2.45) is 0 Å². The summed E-state index contributed by atoms with van der Waals surface area (Å²) in [6.45, 7) is 6.96. The maximum absolute atomic E-state index is 12.5. The highest BCUT2D eigenvalue weighted by atomic mass is 32.2. The molecule has 0 saturated carbocycles. The van der Waals surface area contributed by atoms with E-state index >= 15 is 0 Å². The second-order valence-electron chi connectivity index (χ2n) is 6.42. The fourth-order valence-electron chi connectivity index (χ4n) is 2.68. The Hall–Kier alpha value is -1.83. The summed E-state index contributed by atoms with van der Waals surface area (Å²) in [5.41, 5.74) is 2.09. The number of aryl methyl sites for hydroxylation is 1. The molecule has 7 heteroatoms. The van der Waals surface area contributed by atoms with Crippen molar-refractivity contribution < 1.29 is 13.2 Å². The Labute approximate surface area is 172 Å². The van der Waals surface area contributed by atoms with Crippen molar-refractivity contribution in [1.82, 2.24) is 9.62 Å². The highest BCUT2D eigenvalue weighted by Gasteiger charge is 2.21. The van der Waals surface area contributed by atoms with Crippen LogP contribution in [0.4, 0.5) is 0 Å². The van der Waals surface area contributed by atoms with Crippen LogP contribution < -0.4 is 5.32 Å². The summed E-state index contributed by atoms with van der Waals surface area (Å²) in [5.74, 6) is 0.704. The Bertz CT molecular complexity index is 860. The van der Waals surface area contributed by atoms with Crippen molar-refractivity contribution in [2.75, 3.05) is 18.8 Å². The van der Waals surface area contributed by atoms with E-state index in [1.165, 1.54) is 9.87 Å². The predicted octanol–water partition coefficient (Wildman–Crippen LogP) is 3.82. The topological polar surface area (TPSA) is 66.5 Å². The van der Waals surface area contributed by atoms with Gasteiger partial charge in [0.1, 0.15) is 0 Å². The molecule has 2 rings (SSSR count). The van der Waals surface area contributed by atoms with Gasteiger partial charge in [-0.1, -0.05) is 43.7 Å². The van der Waals surface area contributed by atoms with E-state index in [1.807, 2.05) is 20.8 Å². The normalized spacial score (nSPS) is 11.6. The zero-order valence-electron chi connectivity index (χ0n) is 16.6. The first-order chi connectivity index (χ1) is 13.4. The van der Waals surface area contributed by atoms with Crippen molar-refractivity contribution in [2.45, 2.75) is 43.5 Å². The lowest BCUT2D eigenvalue weighted by Gasteiger charge is -2.18. The van der Waals surface area contributed by atoms with Crippen molar-refractivity contribution in [3.8, 4) is 0 Å². The summed E-state index contributed by atoms with van der Waals surface area (Å²) < 4.78 is 26.4. The molecular formula is C21H28N2O3S2. The summed E-state index contributed by atoms with van der Waals surface area (Å²) in [7, 11) is -3.45. The Kier molecular flexibility index (Phi) is 8.54. The molecule has 1 amide bonds. The van der Waals surface area contributed by atoms with Crippen LogP contribution in [-0.2, 0) is 21.4 Å². The summed E-state index contributed by atoms with van der Waals surface area (Å²) in [4.78, 5) is 13.5. The molecule has 0 aliphatic rings. The van der Waals surface area contributed by atoms with E-state index in [0.29, 0.717) is 26.1 Å². The third-order valence-electron chi connectivity index (χ3n) is 4.38. The van der Waals surface area contributed by atoms with Crippen LogP contribution >= 0.6 is 11.8 Å². The zero-order chi connectivity index (χ0) is 20.6. The van der Waals surface area contributed by atoms with E-state index in [2.05, 4.69) is 29.6 Å². The molecule has 0 aliphatic carbocycles. The zero-order valence-corrected chi connectivity index (χ0v) is 18.3. The number of hydrogen-bond donors (Lipinski definition) is 1. The highest BCUT2D eigenvalue weighted by molar-refractivity contribution is 7.99. The number of amides is 1. The number of thioether (sulfide) groups is 1. The third-order valence-corrected chi connectivity index (χ3v) is 7.45. The number of rotatable bonds is 10. The summed E-state index contributed by atoms with van der Waals surface area (Å²) >= 11 is 1.66. The van der Waals surface area contributed by atoms with Gasteiger partial charge in [0.05, 0.1) is 4.90 Å². The number of nitrogens with zero attached hydrogens (tertiary/aromatic N) is 1. The first-order valence-electron chi connectivity index (χ1n) is 9.42. The molecule has 0 radical (unpaired) electrons. The van der Waals surface area contributed by atoms with E-state index in [-0.39, 0.29) is 10.8 Å². The second kappa shape index (κ2) is 10.6. The average Bonchev–Trinajstić information content (AvgIpc) is 2.69. The molecule has 0 aromatic heterocycles. The van der Waals surface area contributed by atoms with E-state index in [1.54, 1.807) is 36.0 Å². The number of hydrogen-bond acceptors (Lipinski definition) is 4. The summed E-state index contributed by atoms with van der Waals surface area (Å²) in [5, 5.41) is 2.89. The monoisotopic (exact) mass is 420 g/mol. The number of nitrogens with one attached hydrogen (secondary N) is 1. The first kappa shape index (κ1) is 22.5. The molecule has 28 heavy (non-hydrogen) atoms. The molecule has 0 heterocycles. The van der Waals surface area contributed by atoms with E-state index in [0.717, 1.165) is 16.2 Å². The standard InChI is InChI=1S/C21H28N2O3S2/c1-4-23(5-2)28(25,26)20-12-8-18(9-13-20)16-22-21(24)14-15-27-19-10-6-17(3)7-11-19/h6-13H,4-5,14-16H2,1-3H3,(H,22,24). The van der Waals surface area contributed by atoms with Crippen LogP contribution in [0.2, 0.25) is 0 Å². The first-order valence-corrected chi connectivity index (χ1v) is 11.8. The van der Waals surface area contributed by atoms with Crippen molar-refractivity contribution in [1.29, 1.82) is 0 Å². The van der Waals surface area contributed by atoms with Gasteiger partial charge < -0.3 is 5.32 Å². The molecule has 5 nitrogen and oxygen atoms in total. The molecule has 0 aliphatic heterocycles. The Morgan fingerprint density at radius 3 is 2.18 bits per heavy atom. The molecular weight excluding hydrogens is 392 g/mol. The molecule has 152 valence electrons. The quantitative estimate of drug-likeness (QED) is 0.593. The molecule has 0 atom stereocenters. The van der Waals surface area contributed by atoms with Gasteiger partial charge in [-0.05, 0) is 36.8 Å². The van der Waals surface area contributed by atoms with E-state index < -0.39 is 10.0 Å². The van der Waals surface area contributed by atoms with Gasteiger partial charge in [0.25, 0.3) is 0 Å². The molecule has 2 aromatic rings. The summed E-state index contributed by atoms with van der Waals surface area (Å²) in [6.07, 6.45) is 0.437. The van der Waals surface area contributed by atoms with E-state index in [9.17, 15) is 13.2 Å². The van der Waals surface area contributed by atoms with Crippen LogP contribution in [0, 0.1) is 6.92 Å². The minimum Gasteiger partial charge on any atom is -0.352 e. The van der Waals surface area contributed by atoms with Crippen LogP contribution in [0.25, 0.3) is 0 Å². The minimum absolute atomic E-state index is 0.0144. The van der Waals surface area contributed by atoms with Gasteiger partial charge in [0.2, 0.25) is 15.9 Å². The largest absolute Gasteiger partial charge is 0.352 e. The Morgan fingerprint density at radius 1 is 1.00 bits per heavy atom. The van der Waals surface area contributed by atoms with Gasteiger partial charge in [-0.2, -0.15) is 4.31 Å². The smallest absolute Gasteiger partial charge is 0.243 e. The van der Waals surface area contributed by atoms with E-state index in [4.69, 9.17) is 0 Å². The highest BCUT2D eigenvalue weighted by Crippen LogP contribution is 2.19. The average molecular weight is 421 g/mol. The second-order valence-corrected chi connectivity index (χ2v) is 9.53. The lowest BCUT2D eigenvalue weighted by molar-refractivity contribution is -0.120. The maximum Gasteiger partial charge on any atom is 0.243 e. The number of carbonyl (C=O) groups excluding carboxylic acids is 1. The van der Waals surface area contributed by atoms with Crippen LogP contribution in [0.1, 0.15) is 31.4 Å². The van der Waals surface area contributed by atoms with Gasteiger partial charge in [-0.25, -0.2) is 8.42 Å². The van der Waals surface area contributed by atoms with Gasteiger partial charge in [0, 0.05) is 36.7 Å². The molecule has 0 unspecified atom stereocenters. The predicted molar refractivity (Wildman–Crippen MR) is 115 cm³/mol. The maximum atomic E-state index is 12.5. The number of carbonyl (C=O) groups is 1. The van der Waals surface area contributed by atoms with Gasteiger partial charge >= 0.3 is 0 Å². The fraction of sp³-hybridized carbons (Fsp3) is 0.381. The number of benzene rings is 2. The van der Waals surface area contributed by atoms with Gasteiger partial charge in [0.15, 0.2) is 0 Å². The molecule has 2 aromatic carbocycles. The molecule has 0 bridgehead atoms. The molecule has 0 saturated heterocycles. The van der Waals surface area contributed by atoms with Crippen molar-refractivity contribution in [3.05, 3.63) is 59.7 Å². The minimum atomic E-state index is -3.45. The van der Waals surface area contributed by atoms with Crippen LogP contribution in [0.15, 0.2) is 58.3 Å². The van der Waals surface area contributed by atoms with Crippen LogP contribution in [0.5, 0.6) is 0 Å². The summed E-state index contributed by atoms with van der Waals surface area (Å²) in [6, 6.07) is 14.9. The van der Waals surface area contributed by atoms with Crippen LogP contribution in [-0.4, -0.2) is 37.5 Å². The fourth-order valence-corrected chi connectivity index (χ4v) is 4.99. The molecule has 1 N–H and O–H groups in total. The Balaban J connectivity index is 1.80.